The first-order valence-electron chi connectivity index (χ1n) is 2.29. The summed E-state index contributed by atoms with van der Waals surface area (Å²) in [6.07, 6.45) is 0. The molecule has 0 aliphatic heterocycles. The van der Waals surface area contributed by atoms with Gasteiger partial charge in [0.25, 0.3) is 0 Å². The minimum absolute atomic E-state index is 0.909. The summed E-state index contributed by atoms with van der Waals surface area (Å²) in [5.41, 5.74) is 4.79. The van der Waals surface area contributed by atoms with Crippen LogP contribution in [-0.4, -0.2) is 33.1 Å². The lowest BCUT2D eigenvalue weighted by Crippen LogP contribution is -2.50. The molecule has 0 aromatic rings. The minimum Gasteiger partial charge on any atom is -0.480 e. The summed E-state index contributed by atoms with van der Waals surface area (Å²) >= 11 is 0. The summed E-state index contributed by atoms with van der Waals surface area (Å²) < 4.78 is 0. The highest BCUT2D eigenvalue weighted by molar-refractivity contribution is 5.74. The summed E-state index contributed by atoms with van der Waals surface area (Å²) in [6, 6.07) is -1.66. The van der Waals surface area contributed by atoms with E-state index in [1.807, 2.05) is 0 Å². The molecule has 0 radical (unpaired) electrons. The lowest BCUT2D eigenvalue weighted by molar-refractivity contribution is -0.180. The number of carboxylic acid groups (broad SMARTS) is 1. The largest absolute Gasteiger partial charge is 0.480 e. The maximum atomic E-state index is 9.90. The molecule has 0 bridgehead atoms. The topological polar surface area (TPSA) is 104 Å². The van der Waals surface area contributed by atoms with Crippen molar-refractivity contribution in [1.82, 2.24) is 0 Å². The fraction of sp³-hybridized carbons (Fsp3) is 0.750. The average Bonchev–Trinajstić information content (AvgIpc) is 1.62. The van der Waals surface area contributed by atoms with E-state index < -0.39 is 17.8 Å². The summed E-state index contributed by atoms with van der Waals surface area (Å²) in [5, 5.41) is 25.1. The Labute approximate surface area is 51.7 Å². The summed E-state index contributed by atoms with van der Waals surface area (Å²) in [5.74, 6) is -3.78. The quantitative estimate of drug-likeness (QED) is 0.331. The van der Waals surface area contributed by atoms with Crippen molar-refractivity contribution < 1.29 is 20.1 Å². The molecular formula is C4H9NO4. The zero-order chi connectivity index (χ0) is 7.65. The van der Waals surface area contributed by atoms with Crippen LogP contribution in [0, 0.1) is 0 Å². The second-order valence-corrected chi connectivity index (χ2v) is 1.91. The molecular weight excluding hydrogens is 126 g/mol. The third-order valence-electron chi connectivity index (χ3n) is 0.855. The van der Waals surface area contributed by atoms with E-state index in [0.717, 1.165) is 6.92 Å². The van der Waals surface area contributed by atoms with Crippen molar-refractivity contribution in [1.29, 1.82) is 0 Å². The molecule has 1 atom stereocenters. The Bertz CT molecular complexity index is 116. The van der Waals surface area contributed by atoms with Gasteiger partial charge in [0.15, 0.2) is 11.8 Å². The second-order valence-electron chi connectivity index (χ2n) is 1.91. The Hall–Kier alpha value is -0.650. The molecule has 1 unspecified atom stereocenters. The van der Waals surface area contributed by atoms with Crippen molar-refractivity contribution in [2.45, 2.75) is 18.8 Å². The van der Waals surface area contributed by atoms with E-state index in [9.17, 15) is 4.79 Å². The van der Waals surface area contributed by atoms with E-state index in [4.69, 9.17) is 21.1 Å². The van der Waals surface area contributed by atoms with Crippen molar-refractivity contribution in [2.24, 2.45) is 5.73 Å². The molecule has 9 heavy (non-hydrogen) atoms. The molecule has 5 heteroatoms. The van der Waals surface area contributed by atoms with Crippen LogP contribution in [0.2, 0.25) is 0 Å². The zero-order valence-electron chi connectivity index (χ0n) is 4.90. The van der Waals surface area contributed by atoms with Crippen molar-refractivity contribution in [2.75, 3.05) is 0 Å². The van der Waals surface area contributed by atoms with Crippen molar-refractivity contribution in [3.63, 3.8) is 0 Å². The SMILES string of the molecule is CC(O)(O)C(N)C(=O)O. The number of nitrogens with two attached hydrogens (primary N) is 1. The summed E-state index contributed by atoms with van der Waals surface area (Å²) in [4.78, 5) is 9.90. The Morgan fingerprint density at radius 3 is 2.00 bits per heavy atom. The Kier molecular flexibility index (Phi) is 2.13. The van der Waals surface area contributed by atoms with Crippen LogP contribution < -0.4 is 5.73 Å². The second kappa shape index (κ2) is 2.30. The summed E-state index contributed by atoms with van der Waals surface area (Å²) in [6.45, 7) is 0.909. The normalized spacial score (nSPS) is 15.1. The molecule has 54 valence electrons. The Balaban J connectivity index is 4.04. The van der Waals surface area contributed by atoms with Crippen molar-refractivity contribution in [3.8, 4) is 0 Å². The van der Waals surface area contributed by atoms with E-state index in [1.54, 1.807) is 0 Å². The number of aliphatic carboxylic acids is 1. The van der Waals surface area contributed by atoms with Gasteiger partial charge < -0.3 is 21.1 Å². The third kappa shape index (κ3) is 2.41. The predicted octanol–water partition coefficient (Wildman–Crippen LogP) is -1.90. The highest BCUT2D eigenvalue weighted by Gasteiger charge is 2.31. The molecule has 0 rings (SSSR count). The number of aliphatic hydroxyl groups is 2. The number of carbonyl (C=O) groups is 1. The summed E-state index contributed by atoms with van der Waals surface area (Å²) in [7, 11) is 0. The van der Waals surface area contributed by atoms with Crippen LogP contribution in [0.1, 0.15) is 6.92 Å². The van der Waals surface area contributed by atoms with Crippen LogP contribution in [-0.2, 0) is 4.79 Å². The van der Waals surface area contributed by atoms with Crippen molar-refractivity contribution >= 4 is 5.97 Å². The van der Waals surface area contributed by atoms with Crippen LogP contribution in [0.3, 0.4) is 0 Å². The van der Waals surface area contributed by atoms with E-state index in [-0.39, 0.29) is 0 Å². The van der Waals surface area contributed by atoms with Crippen LogP contribution in [0.15, 0.2) is 0 Å². The van der Waals surface area contributed by atoms with E-state index >= 15 is 0 Å². The molecule has 0 saturated heterocycles. The minimum atomic E-state index is -2.34. The van der Waals surface area contributed by atoms with Gasteiger partial charge in [-0.1, -0.05) is 0 Å². The zero-order valence-corrected chi connectivity index (χ0v) is 4.90. The van der Waals surface area contributed by atoms with E-state index in [1.165, 1.54) is 0 Å². The number of hydrogen-bond donors (Lipinski definition) is 4. The van der Waals surface area contributed by atoms with Gasteiger partial charge in [-0.15, -0.1) is 0 Å². The van der Waals surface area contributed by atoms with Gasteiger partial charge in [-0.25, -0.2) is 0 Å². The molecule has 0 amide bonds. The molecule has 0 aromatic heterocycles. The van der Waals surface area contributed by atoms with Gasteiger partial charge in [-0.2, -0.15) is 0 Å². The first kappa shape index (κ1) is 8.35. The third-order valence-corrected chi connectivity index (χ3v) is 0.855. The lowest BCUT2D eigenvalue weighted by atomic mass is 10.1. The standard InChI is InChI=1S/C4H9NO4/c1-4(8,9)2(5)3(6)7/h2,8-9H,5H2,1H3,(H,6,7). The maximum Gasteiger partial charge on any atom is 0.326 e. The van der Waals surface area contributed by atoms with Crippen LogP contribution in [0.4, 0.5) is 0 Å². The smallest absolute Gasteiger partial charge is 0.326 e. The average molecular weight is 135 g/mol. The fourth-order valence-electron chi connectivity index (χ4n) is 0.234. The van der Waals surface area contributed by atoms with Crippen LogP contribution in [0.25, 0.3) is 0 Å². The molecule has 0 aromatic carbocycles. The highest BCUT2D eigenvalue weighted by atomic mass is 16.5. The van der Waals surface area contributed by atoms with Gasteiger partial charge >= 0.3 is 5.97 Å². The maximum absolute atomic E-state index is 9.90. The molecule has 5 nitrogen and oxygen atoms in total. The van der Waals surface area contributed by atoms with E-state index in [2.05, 4.69) is 0 Å². The van der Waals surface area contributed by atoms with Crippen LogP contribution >= 0.6 is 0 Å². The molecule has 5 N–H and O–H groups in total. The Morgan fingerprint density at radius 1 is 1.67 bits per heavy atom. The van der Waals surface area contributed by atoms with Crippen LogP contribution in [0.5, 0.6) is 0 Å². The van der Waals surface area contributed by atoms with Gasteiger partial charge in [-0.05, 0) is 6.92 Å². The van der Waals surface area contributed by atoms with Gasteiger partial charge in [0.1, 0.15) is 0 Å². The fourth-order valence-corrected chi connectivity index (χ4v) is 0.234. The number of hydrogen-bond acceptors (Lipinski definition) is 4. The highest BCUT2D eigenvalue weighted by Crippen LogP contribution is 2.01. The monoisotopic (exact) mass is 135 g/mol. The van der Waals surface area contributed by atoms with E-state index in [0.29, 0.717) is 0 Å². The Morgan fingerprint density at radius 2 is 2.00 bits per heavy atom. The molecule has 0 spiro atoms. The molecule has 0 heterocycles. The molecule has 0 saturated carbocycles. The first-order chi connectivity index (χ1) is 3.85. The van der Waals surface area contributed by atoms with Gasteiger partial charge in [0.2, 0.25) is 0 Å². The van der Waals surface area contributed by atoms with Crippen molar-refractivity contribution in [3.05, 3.63) is 0 Å². The molecule has 0 aliphatic rings. The van der Waals surface area contributed by atoms with Gasteiger partial charge in [-0.3, -0.25) is 4.79 Å². The lowest BCUT2D eigenvalue weighted by Gasteiger charge is -2.19. The number of carboxylic acids is 1. The molecule has 0 aliphatic carbocycles. The predicted molar refractivity (Wildman–Crippen MR) is 28.5 cm³/mol. The molecule has 0 fully saturated rings. The van der Waals surface area contributed by atoms with Gasteiger partial charge in [0.05, 0.1) is 0 Å². The van der Waals surface area contributed by atoms with Gasteiger partial charge in [0, 0.05) is 0 Å². The first-order valence-corrected chi connectivity index (χ1v) is 2.29. The number of rotatable bonds is 2.